The molecule has 0 saturated heterocycles. The topological polar surface area (TPSA) is 98.7 Å². The Labute approximate surface area is 56.2 Å². The summed E-state index contributed by atoms with van der Waals surface area (Å²) in [6.07, 6.45) is 1.24. The molecule has 54 valence electrons. The smallest absolute Gasteiger partial charge is 0.257 e. The fraction of sp³-hybridized carbons (Fsp3) is 0.333. The zero-order chi connectivity index (χ0) is 7.40. The minimum atomic E-state index is -0.363. The number of hydrogen-bond acceptors (Lipinski definition) is 5. The lowest BCUT2D eigenvalue weighted by Gasteiger charge is -1.94. The Hall–Kier alpha value is -1.50. The van der Waals surface area contributed by atoms with Gasteiger partial charge in [-0.05, 0) is 5.21 Å². The summed E-state index contributed by atoms with van der Waals surface area (Å²) in [4.78, 5) is 11.6. The van der Waals surface area contributed by atoms with Crippen molar-refractivity contribution in [2.75, 3.05) is 0 Å². The standard InChI is InChI=1S/C3H6N6O/c4-7-3(10)1-9-6-2-5-8-9/h2H,1,4H2,(H,7,10). The first kappa shape index (κ1) is 6.62. The number of hydrogen-bond donors (Lipinski definition) is 2. The molecule has 0 saturated carbocycles. The number of carbonyl (C=O) groups is 1. The number of amides is 1. The molecule has 0 bridgehead atoms. The van der Waals surface area contributed by atoms with Gasteiger partial charge in [-0.3, -0.25) is 10.2 Å². The van der Waals surface area contributed by atoms with Crippen LogP contribution >= 0.6 is 0 Å². The maximum Gasteiger partial charge on any atom is 0.257 e. The van der Waals surface area contributed by atoms with Crippen molar-refractivity contribution in [3.05, 3.63) is 6.33 Å². The van der Waals surface area contributed by atoms with Crippen LogP contribution in [-0.2, 0) is 11.3 Å². The van der Waals surface area contributed by atoms with E-state index in [4.69, 9.17) is 5.84 Å². The maximum atomic E-state index is 10.5. The summed E-state index contributed by atoms with van der Waals surface area (Å²) in [6, 6.07) is 0. The van der Waals surface area contributed by atoms with Gasteiger partial charge in [0, 0.05) is 0 Å². The third-order valence-electron chi connectivity index (χ3n) is 0.837. The highest BCUT2D eigenvalue weighted by molar-refractivity contribution is 5.74. The normalized spacial score (nSPS) is 9.30. The molecule has 1 aromatic heterocycles. The predicted molar refractivity (Wildman–Crippen MR) is 30.1 cm³/mol. The molecular weight excluding hydrogens is 136 g/mol. The van der Waals surface area contributed by atoms with E-state index in [1.165, 1.54) is 6.33 Å². The lowest BCUT2D eigenvalue weighted by molar-refractivity contribution is -0.122. The van der Waals surface area contributed by atoms with Gasteiger partial charge >= 0.3 is 0 Å². The summed E-state index contributed by atoms with van der Waals surface area (Å²) < 4.78 is 0. The summed E-state index contributed by atoms with van der Waals surface area (Å²) >= 11 is 0. The van der Waals surface area contributed by atoms with Gasteiger partial charge in [0.2, 0.25) is 0 Å². The van der Waals surface area contributed by atoms with Crippen molar-refractivity contribution in [3.8, 4) is 0 Å². The van der Waals surface area contributed by atoms with Gasteiger partial charge < -0.3 is 0 Å². The SMILES string of the molecule is NNC(=O)Cn1ncnn1. The van der Waals surface area contributed by atoms with Gasteiger partial charge in [-0.1, -0.05) is 0 Å². The van der Waals surface area contributed by atoms with Crippen molar-refractivity contribution in [2.45, 2.75) is 6.54 Å². The maximum absolute atomic E-state index is 10.5. The highest BCUT2D eigenvalue weighted by atomic mass is 16.2. The number of rotatable bonds is 2. The molecule has 0 radical (unpaired) electrons. The third-order valence-corrected chi connectivity index (χ3v) is 0.837. The monoisotopic (exact) mass is 142 g/mol. The molecule has 0 spiro atoms. The van der Waals surface area contributed by atoms with Crippen LogP contribution in [0.1, 0.15) is 0 Å². The molecule has 0 aliphatic heterocycles. The summed E-state index contributed by atoms with van der Waals surface area (Å²) in [6.45, 7) is -0.00347. The van der Waals surface area contributed by atoms with E-state index in [0.29, 0.717) is 0 Å². The number of tetrazole rings is 1. The fourth-order valence-corrected chi connectivity index (χ4v) is 0.435. The van der Waals surface area contributed by atoms with Gasteiger partial charge in [0.25, 0.3) is 5.91 Å². The summed E-state index contributed by atoms with van der Waals surface area (Å²) in [7, 11) is 0. The Morgan fingerprint density at radius 2 is 2.60 bits per heavy atom. The van der Waals surface area contributed by atoms with Crippen molar-refractivity contribution in [3.63, 3.8) is 0 Å². The van der Waals surface area contributed by atoms with Crippen LogP contribution in [0.5, 0.6) is 0 Å². The minimum absolute atomic E-state index is 0.00347. The van der Waals surface area contributed by atoms with Crippen molar-refractivity contribution < 1.29 is 4.79 Å². The van der Waals surface area contributed by atoms with Gasteiger partial charge in [0.1, 0.15) is 6.54 Å². The molecule has 0 aliphatic carbocycles. The third kappa shape index (κ3) is 1.49. The van der Waals surface area contributed by atoms with Crippen molar-refractivity contribution in [1.29, 1.82) is 0 Å². The van der Waals surface area contributed by atoms with Gasteiger partial charge in [-0.2, -0.15) is 4.80 Å². The van der Waals surface area contributed by atoms with Crippen LogP contribution < -0.4 is 11.3 Å². The number of hydrazine groups is 1. The zero-order valence-corrected chi connectivity index (χ0v) is 5.06. The molecule has 1 amide bonds. The molecule has 10 heavy (non-hydrogen) atoms. The Balaban J connectivity index is 2.48. The van der Waals surface area contributed by atoms with E-state index in [1.807, 2.05) is 5.43 Å². The van der Waals surface area contributed by atoms with Crippen molar-refractivity contribution >= 4 is 5.91 Å². The first-order chi connectivity index (χ1) is 4.83. The molecule has 1 aromatic rings. The number of aromatic nitrogens is 4. The van der Waals surface area contributed by atoms with Crippen LogP contribution in [0.15, 0.2) is 6.33 Å². The Bertz CT molecular complexity index is 205. The molecule has 3 N–H and O–H groups in total. The molecule has 0 atom stereocenters. The summed E-state index contributed by atoms with van der Waals surface area (Å²) in [5.41, 5.74) is 1.94. The Morgan fingerprint density at radius 1 is 1.80 bits per heavy atom. The first-order valence-electron chi connectivity index (χ1n) is 2.53. The van der Waals surface area contributed by atoms with E-state index < -0.39 is 0 Å². The van der Waals surface area contributed by atoms with Crippen LogP contribution in [0.4, 0.5) is 0 Å². The lowest BCUT2D eigenvalue weighted by Crippen LogP contribution is -2.33. The molecule has 1 rings (SSSR count). The Kier molecular flexibility index (Phi) is 1.90. The number of nitrogens with one attached hydrogen (secondary N) is 1. The van der Waals surface area contributed by atoms with Gasteiger partial charge in [0.05, 0.1) is 0 Å². The van der Waals surface area contributed by atoms with Gasteiger partial charge in [-0.15, -0.1) is 10.2 Å². The molecule has 0 fully saturated rings. The average Bonchev–Trinajstić information content (AvgIpc) is 2.40. The fourth-order valence-electron chi connectivity index (χ4n) is 0.435. The summed E-state index contributed by atoms with van der Waals surface area (Å²) in [5.74, 6) is 4.44. The van der Waals surface area contributed by atoms with Crippen LogP contribution in [0, 0.1) is 0 Å². The molecule has 1 heterocycles. The zero-order valence-electron chi connectivity index (χ0n) is 5.06. The lowest BCUT2D eigenvalue weighted by atomic mass is 10.6. The van der Waals surface area contributed by atoms with E-state index >= 15 is 0 Å². The van der Waals surface area contributed by atoms with Gasteiger partial charge in [0.15, 0.2) is 6.33 Å². The van der Waals surface area contributed by atoms with E-state index in [2.05, 4.69) is 15.4 Å². The van der Waals surface area contributed by atoms with E-state index in [-0.39, 0.29) is 12.5 Å². The molecule has 0 aliphatic rings. The van der Waals surface area contributed by atoms with Crippen molar-refractivity contribution in [1.82, 2.24) is 25.6 Å². The minimum Gasteiger partial charge on any atom is -0.293 e. The van der Waals surface area contributed by atoms with Crippen molar-refractivity contribution in [2.24, 2.45) is 5.84 Å². The average molecular weight is 142 g/mol. The second-order valence-corrected chi connectivity index (χ2v) is 1.53. The second kappa shape index (κ2) is 2.87. The second-order valence-electron chi connectivity index (χ2n) is 1.53. The highest BCUT2D eigenvalue weighted by Gasteiger charge is 1.99. The molecule has 7 heteroatoms. The molecular formula is C3H6N6O. The predicted octanol–water partition coefficient (Wildman–Crippen LogP) is -2.34. The van der Waals surface area contributed by atoms with Crippen LogP contribution in [0.3, 0.4) is 0 Å². The van der Waals surface area contributed by atoms with Crippen LogP contribution in [0.2, 0.25) is 0 Å². The molecule has 0 unspecified atom stereocenters. The first-order valence-corrected chi connectivity index (χ1v) is 2.53. The van der Waals surface area contributed by atoms with E-state index in [0.717, 1.165) is 4.80 Å². The Morgan fingerprint density at radius 3 is 3.10 bits per heavy atom. The number of nitrogens with zero attached hydrogens (tertiary/aromatic N) is 4. The molecule has 7 nitrogen and oxygen atoms in total. The number of nitrogens with two attached hydrogens (primary N) is 1. The van der Waals surface area contributed by atoms with Gasteiger partial charge in [-0.25, -0.2) is 5.84 Å². The largest absolute Gasteiger partial charge is 0.293 e. The van der Waals surface area contributed by atoms with E-state index in [1.54, 1.807) is 0 Å². The van der Waals surface area contributed by atoms with Crippen LogP contribution in [-0.4, -0.2) is 26.1 Å². The number of carbonyl (C=O) groups excluding carboxylic acids is 1. The summed E-state index contributed by atoms with van der Waals surface area (Å²) in [5, 5.41) is 10.4. The quantitative estimate of drug-likeness (QED) is 0.274. The molecule has 0 aromatic carbocycles. The highest BCUT2D eigenvalue weighted by Crippen LogP contribution is 1.72. The van der Waals surface area contributed by atoms with E-state index in [9.17, 15) is 4.79 Å². The van der Waals surface area contributed by atoms with Crippen LogP contribution in [0.25, 0.3) is 0 Å².